The van der Waals surface area contributed by atoms with E-state index in [2.05, 4.69) is 35.6 Å². The number of nitrogens with one attached hydrogen (secondary N) is 1. The van der Waals surface area contributed by atoms with Crippen LogP contribution in [0.3, 0.4) is 0 Å². The molecule has 1 heterocycles. The molecular formula is C27H30ClNO2S. The fourth-order valence-electron chi connectivity index (χ4n) is 7.18. The molecule has 1 N–H and O–H groups in total. The van der Waals surface area contributed by atoms with Crippen LogP contribution in [0.15, 0.2) is 52.3 Å². The van der Waals surface area contributed by atoms with Gasteiger partial charge in [-0.3, -0.25) is 4.79 Å². The topological polar surface area (TPSA) is 38.3 Å². The van der Waals surface area contributed by atoms with Crippen molar-refractivity contribution in [1.29, 1.82) is 0 Å². The van der Waals surface area contributed by atoms with Crippen LogP contribution in [-0.4, -0.2) is 24.7 Å². The van der Waals surface area contributed by atoms with E-state index in [1.165, 1.54) is 53.9 Å². The number of rotatable bonds is 6. The zero-order valence-electron chi connectivity index (χ0n) is 18.3. The average Bonchev–Trinajstić information content (AvgIpc) is 2.76. The molecule has 4 fully saturated rings. The van der Waals surface area contributed by atoms with Crippen molar-refractivity contribution in [3.63, 3.8) is 0 Å². The molecule has 168 valence electrons. The van der Waals surface area contributed by atoms with Gasteiger partial charge in [-0.1, -0.05) is 41.6 Å². The molecule has 4 saturated carbocycles. The van der Waals surface area contributed by atoms with E-state index >= 15 is 0 Å². The van der Waals surface area contributed by atoms with E-state index in [0.717, 1.165) is 28.3 Å². The van der Waals surface area contributed by atoms with Crippen molar-refractivity contribution < 1.29 is 9.53 Å². The van der Waals surface area contributed by atoms with E-state index in [4.69, 9.17) is 16.3 Å². The number of hydrogen-bond donors (Lipinski definition) is 1. The minimum absolute atomic E-state index is 0.0326. The normalized spacial score (nSPS) is 31.8. The third-order valence-electron chi connectivity index (χ3n) is 8.07. The van der Waals surface area contributed by atoms with Gasteiger partial charge in [-0.2, -0.15) is 0 Å². The summed E-state index contributed by atoms with van der Waals surface area (Å²) in [7, 11) is 0. The molecule has 0 aromatic heterocycles. The van der Waals surface area contributed by atoms with Gasteiger partial charge in [0.05, 0.1) is 12.2 Å². The summed E-state index contributed by atoms with van der Waals surface area (Å²) in [5.41, 5.74) is 2.47. The molecule has 4 aliphatic carbocycles. The van der Waals surface area contributed by atoms with Gasteiger partial charge < -0.3 is 10.1 Å². The minimum Gasteiger partial charge on any atom is -0.373 e. The van der Waals surface area contributed by atoms with E-state index in [9.17, 15) is 4.79 Å². The maximum absolute atomic E-state index is 12.9. The summed E-state index contributed by atoms with van der Waals surface area (Å²) in [5, 5.41) is 3.86. The maximum Gasteiger partial charge on any atom is 0.221 e. The first-order valence-corrected chi connectivity index (χ1v) is 13.2. The summed E-state index contributed by atoms with van der Waals surface area (Å²) in [6.07, 6.45) is 8.41. The van der Waals surface area contributed by atoms with Crippen LogP contribution in [0, 0.1) is 17.8 Å². The molecule has 0 spiro atoms. The Morgan fingerprint density at radius 3 is 2.44 bits per heavy atom. The number of ether oxygens (including phenoxy) is 1. The van der Waals surface area contributed by atoms with Gasteiger partial charge >= 0.3 is 0 Å². The lowest BCUT2D eigenvalue weighted by Gasteiger charge is -2.56. The van der Waals surface area contributed by atoms with Gasteiger partial charge in [0.2, 0.25) is 5.91 Å². The lowest BCUT2D eigenvalue weighted by Crippen LogP contribution is -2.52. The molecule has 4 bridgehead atoms. The van der Waals surface area contributed by atoms with Crippen molar-refractivity contribution in [3.05, 3.63) is 58.6 Å². The van der Waals surface area contributed by atoms with E-state index in [0.29, 0.717) is 19.6 Å². The van der Waals surface area contributed by atoms with Gasteiger partial charge in [0.15, 0.2) is 0 Å². The van der Waals surface area contributed by atoms with Gasteiger partial charge in [-0.15, -0.1) is 0 Å². The van der Waals surface area contributed by atoms with Crippen molar-refractivity contribution in [2.24, 2.45) is 17.8 Å². The zero-order valence-corrected chi connectivity index (χ0v) is 19.9. The predicted octanol–water partition coefficient (Wildman–Crippen LogP) is 6.43. The second-order valence-corrected chi connectivity index (χ2v) is 11.9. The summed E-state index contributed by atoms with van der Waals surface area (Å²) >= 11 is 8.07. The quantitative estimate of drug-likeness (QED) is 0.497. The molecule has 1 atom stereocenters. The standard InChI is InChI=1S/C27H30ClNO2S/c28-20-5-6-25-23(12-20)22(21-3-1-2-4-24(21)32-25)13-26(30)29-7-8-31-27-14-17-9-18(15-27)11-19(10-17)16-27/h1-6,12,17-19,22H,7-11,13-16H2,(H,29,30). The summed E-state index contributed by atoms with van der Waals surface area (Å²) in [6.45, 7) is 1.21. The number of carbonyl (C=O) groups excluding carboxylic acids is 1. The average molecular weight is 468 g/mol. The number of amides is 1. The van der Waals surface area contributed by atoms with Gasteiger partial charge in [0.1, 0.15) is 0 Å². The van der Waals surface area contributed by atoms with E-state index in [1.54, 1.807) is 11.8 Å². The van der Waals surface area contributed by atoms with Crippen LogP contribution in [-0.2, 0) is 9.53 Å². The molecule has 3 nitrogen and oxygen atoms in total. The number of fused-ring (bicyclic) bond motifs is 2. The number of benzene rings is 2. The summed E-state index contributed by atoms with van der Waals surface area (Å²) < 4.78 is 6.48. The van der Waals surface area contributed by atoms with Gasteiger partial charge in [0, 0.05) is 33.7 Å². The molecule has 0 radical (unpaired) electrons. The molecule has 2 aromatic rings. The van der Waals surface area contributed by atoms with Gasteiger partial charge in [-0.05, 0) is 91.7 Å². The zero-order chi connectivity index (χ0) is 21.7. The summed E-state index contributed by atoms with van der Waals surface area (Å²) in [5.74, 6) is 2.76. The first-order chi connectivity index (χ1) is 15.6. The Hall–Kier alpha value is -1.49. The lowest BCUT2D eigenvalue weighted by molar-refractivity contribution is -0.161. The Morgan fingerprint density at radius 1 is 1.00 bits per heavy atom. The van der Waals surface area contributed by atoms with Crippen molar-refractivity contribution >= 4 is 29.3 Å². The predicted molar refractivity (Wildman–Crippen MR) is 128 cm³/mol. The fourth-order valence-corrected chi connectivity index (χ4v) is 8.52. The third kappa shape index (κ3) is 3.99. The van der Waals surface area contributed by atoms with Gasteiger partial charge in [-0.25, -0.2) is 0 Å². The molecule has 5 aliphatic rings. The molecule has 1 unspecified atom stereocenters. The Labute approximate surface area is 199 Å². The number of hydrogen-bond acceptors (Lipinski definition) is 3. The third-order valence-corrected chi connectivity index (χ3v) is 9.48. The Balaban J connectivity index is 1.08. The first kappa shape index (κ1) is 21.1. The van der Waals surface area contributed by atoms with E-state index in [1.807, 2.05) is 12.1 Å². The van der Waals surface area contributed by atoms with Crippen LogP contribution in [0.4, 0.5) is 0 Å². The molecule has 1 aliphatic heterocycles. The first-order valence-electron chi connectivity index (χ1n) is 12.0. The molecule has 7 rings (SSSR count). The van der Waals surface area contributed by atoms with Crippen LogP contribution in [0.25, 0.3) is 0 Å². The highest BCUT2D eigenvalue weighted by molar-refractivity contribution is 7.99. The van der Waals surface area contributed by atoms with Crippen molar-refractivity contribution in [2.45, 2.75) is 66.3 Å². The minimum atomic E-state index is 0.0326. The second-order valence-electron chi connectivity index (χ2n) is 10.4. The summed E-state index contributed by atoms with van der Waals surface area (Å²) in [4.78, 5) is 15.4. The highest BCUT2D eigenvalue weighted by Gasteiger charge is 2.51. The van der Waals surface area contributed by atoms with Crippen molar-refractivity contribution in [1.82, 2.24) is 5.32 Å². The molecule has 5 heteroatoms. The van der Waals surface area contributed by atoms with E-state index < -0.39 is 0 Å². The molecule has 1 amide bonds. The molecule has 0 saturated heterocycles. The summed E-state index contributed by atoms with van der Waals surface area (Å²) in [6, 6.07) is 14.4. The molecule has 2 aromatic carbocycles. The van der Waals surface area contributed by atoms with Crippen LogP contribution < -0.4 is 5.32 Å². The van der Waals surface area contributed by atoms with Crippen molar-refractivity contribution in [2.75, 3.05) is 13.2 Å². The van der Waals surface area contributed by atoms with Crippen LogP contribution in [0.2, 0.25) is 5.02 Å². The lowest BCUT2D eigenvalue weighted by atomic mass is 9.54. The van der Waals surface area contributed by atoms with Gasteiger partial charge in [0.25, 0.3) is 0 Å². The maximum atomic E-state index is 12.9. The van der Waals surface area contributed by atoms with Crippen molar-refractivity contribution in [3.8, 4) is 0 Å². The SMILES string of the molecule is O=C(CC1c2ccccc2Sc2ccc(Cl)cc21)NCCOC12CC3CC(CC(C3)C1)C2. The number of halogens is 1. The largest absolute Gasteiger partial charge is 0.373 e. The monoisotopic (exact) mass is 467 g/mol. The highest BCUT2D eigenvalue weighted by Crippen LogP contribution is 2.57. The van der Waals surface area contributed by atoms with Crippen LogP contribution >= 0.6 is 23.4 Å². The Bertz CT molecular complexity index is 1000. The smallest absolute Gasteiger partial charge is 0.221 e. The fraction of sp³-hybridized carbons (Fsp3) is 0.519. The number of carbonyl (C=O) groups is 1. The van der Waals surface area contributed by atoms with E-state index in [-0.39, 0.29) is 17.4 Å². The van der Waals surface area contributed by atoms with Crippen LogP contribution in [0.5, 0.6) is 0 Å². The Morgan fingerprint density at radius 2 is 1.69 bits per heavy atom. The molecule has 32 heavy (non-hydrogen) atoms. The highest BCUT2D eigenvalue weighted by atomic mass is 35.5. The molecular weight excluding hydrogens is 438 g/mol. The Kier molecular flexibility index (Phi) is 5.52. The van der Waals surface area contributed by atoms with Crippen LogP contribution in [0.1, 0.15) is 62.0 Å². The second kappa shape index (κ2) is 8.38.